The van der Waals surface area contributed by atoms with E-state index in [2.05, 4.69) is 19.2 Å². The van der Waals surface area contributed by atoms with Gasteiger partial charge >= 0.3 is 6.18 Å². The molecule has 1 N–H and O–H groups in total. The van der Waals surface area contributed by atoms with E-state index in [1.54, 1.807) is 6.07 Å². The van der Waals surface area contributed by atoms with Gasteiger partial charge in [-0.05, 0) is 49.3 Å². The molecule has 2 atom stereocenters. The van der Waals surface area contributed by atoms with Crippen molar-refractivity contribution >= 4 is 5.69 Å². The highest BCUT2D eigenvalue weighted by atomic mass is 19.4. The minimum Gasteiger partial charge on any atom is -0.382 e. The first-order chi connectivity index (χ1) is 9.77. The van der Waals surface area contributed by atoms with Crippen LogP contribution >= 0.6 is 0 Å². The largest absolute Gasteiger partial charge is 0.416 e. The van der Waals surface area contributed by atoms with Gasteiger partial charge < -0.3 is 5.32 Å². The molecular formula is C17H24F3N. The van der Waals surface area contributed by atoms with E-state index in [1.165, 1.54) is 12.5 Å². The molecule has 1 saturated carbocycles. The van der Waals surface area contributed by atoms with Crippen LogP contribution in [-0.4, -0.2) is 6.04 Å². The first kappa shape index (κ1) is 16.2. The maximum Gasteiger partial charge on any atom is 0.416 e. The smallest absolute Gasteiger partial charge is 0.382 e. The number of nitrogens with one attached hydrogen (secondary N) is 1. The number of alkyl halides is 3. The number of anilines is 1. The van der Waals surface area contributed by atoms with E-state index in [-0.39, 0.29) is 6.04 Å². The van der Waals surface area contributed by atoms with Crippen molar-refractivity contribution < 1.29 is 13.2 Å². The molecule has 2 unspecified atom stereocenters. The van der Waals surface area contributed by atoms with Crippen LogP contribution in [0.3, 0.4) is 0 Å². The topological polar surface area (TPSA) is 12.0 Å². The number of rotatable bonds is 3. The van der Waals surface area contributed by atoms with Crippen LogP contribution in [0.4, 0.5) is 18.9 Å². The standard InChI is InChI=1S/C17H24F3N/c1-11(2)13-5-4-6-15(9-13)21-16-10-14(17(18,19)20)8-7-12(16)3/h7-8,10-11,13,15,21H,4-6,9H2,1-3H3. The second-order valence-electron chi connectivity index (χ2n) is 6.54. The molecule has 1 fully saturated rings. The van der Waals surface area contributed by atoms with Crippen molar-refractivity contribution in [2.75, 3.05) is 5.32 Å². The van der Waals surface area contributed by atoms with Crippen molar-refractivity contribution in [2.45, 2.75) is 58.7 Å². The van der Waals surface area contributed by atoms with Gasteiger partial charge in [-0.2, -0.15) is 13.2 Å². The molecule has 0 spiro atoms. The number of hydrogen-bond acceptors (Lipinski definition) is 1. The van der Waals surface area contributed by atoms with E-state index in [9.17, 15) is 13.2 Å². The lowest BCUT2D eigenvalue weighted by Gasteiger charge is -2.33. The van der Waals surface area contributed by atoms with Crippen LogP contribution in [0.25, 0.3) is 0 Å². The second-order valence-corrected chi connectivity index (χ2v) is 6.54. The minimum atomic E-state index is -4.28. The third kappa shape index (κ3) is 4.14. The van der Waals surface area contributed by atoms with Gasteiger partial charge in [0, 0.05) is 11.7 Å². The van der Waals surface area contributed by atoms with Crippen LogP contribution in [0.1, 0.15) is 50.7 Å². The van der Waals surface area contributed by atoms with E-state index >= 15 is 0 Å². The molecule has 2 rings (SSSR count). The lowest BCUT2D eigenvalue weighted by molar-refractivity contribution is -0.137. The molecule has 0 aromatic heterocycles. The van der Waals surface area contributed by atoms with Gasteiger partial charge in [0.15, 0.2) is 0 Å². The maximum atomic E-state index is 12.8. The summed E-state index contributed by atoms with van der Waals surface area (Å²) in [5.74, 6) is 1.31. The van der Waals surface area contributed by atoms with E-state index in [0.717, 1.165) is 30.9 Å². The summed E-state index contributed by atoms with van der Waals surface area (Å²) in [6, 6.07) is 4.23. The van der Waals surface area contributed by atoms with Crippen molar-refractivity contribution in [3.05, 3.63) is 29.3 Å². The fraction of sp³-hybridized carbons (Fsp3) is 0.647. The first-order valence-corrected chi connectivity index (χ1v) is 7.71. The molecule has 4 heteroatoms. The number of aryl methyl sites for hydroxylation is 1. The number of benzene rings is 1. The summed E-state index contributed by atoms with van der Waals surface area (Å²) >= 11 is 0. The average molecular weight is 299 g/mol. The van der Waals surface area contributed by atoms with E-state index in [4.69, 9.17) is 0 Å². The van der Waals surface area contributed by atoms with Gasteiger partial charge in [0.05, 0.1) is 5.56 Å². The average Bonchev–Trinajstić information content (AvgIpc) is 2.40. The van der Waals surface area contributed by atoms with Crippen LogP contribution in [0.2, 0.25) is 0 Å². The SMILES string of the molecule is Cc1ccc(C(F)(F)F)cc1NC1CCCC(C(C)C)C1. The monoisotopic (exact) mass is 299 g/mol. The Morgan fingerprint density at radius 2 is 1.90 bits per heavy atom. The molecule has 21 heavy (non-hydrogen) atoms. The zero-order chi connectivity index (χ0) is 15.6. The molecule has 118 valence electrons. The third-order valence-corrected chi connectivity index (χ3v) is 4.58. The second kappa shape index (κ2) is 6.29. The van der Waals surface area contributed by atoms with Crippen LogP contribution in [-0.2, 0) is 6.18 Å². The molecule has 0 radical (unpaired) electrons. The first-order valence-electron chi connectivity index (χ1n) is 7.71. The van der Waals surface area contributed by atoms with Gasteiger partial charge in [0.2, 0.25) is 0 Å². The third-order valence-electron chi connectivity index (χ3n) is 4.58. The lowest BCUT2D eigenvalue weighted by atomic mass is 9.79. The molecule has 0 bridgehead atoms. The molecule has 1 nitrogen and oxygen atoms in total. The Balaban J connectivity index is 2.12. The van der Waals surface area contributed by atoms with Crippen molar-refractivity contribution in [1.29, 1.82) is 0 Å². The van der Waals surface area contributed by atoms with Crippen molar-refractivity contribution in [3.8, 4) is 0 Å². The fourth-order valence-corrected chi connectivity index (χ4v) is 3.14. The van der Waals surface area contributed by atoms with Crippen LogP contribution in [0.15, 0.2) is 18.2 Å². The van der Waals surface area contributed by atoms with Gasteiger partial charge in [-0.3, -0.25) is 0 Å². The Hall–Kier alpha value is -1.19. The van der Waals surface area contributed by atoms with Crippen LogP contribution in [0, 0.1) is 18.8 Å². The highest BCUT2D eigenvalue weighted by Crippen LogP contribution is 2.35. The quantitative estimate of drug-likeness (QED) is 0.761. The molecule has 0 heterocycles. The summed E-state index contributed by atoms with van der Waals surface area (Å²) in [4.78, 5) is 0. The Morgan fingerprint density at radius 1 is 1.19 bits per heavy atom. The molecule has 1 aromatic carbocycles. The van der Waals surface area contributed by atoms with E-state index < -0.39 is 11.7 Å². The maximum absolute atomic E-state index is 12.8. The molecule has 0 aliphatic heterocycles. The summed E-state index contributed by atoms with van der Waals surface area (Å²) in [6.45, 7) is 6.30. The van der Waals surface area contributed by atoms with Gasteiger partial charge in [0.25, 0.3) is 0 Å². The van der Waals surface area contributed by atoms with Crippen molar-refractivity contribution in [2.24, 2.45) is 11.8 Å². The van der Waals surface area contributed by atoms with Gasteiger partial charge in [-0.15, -0.1) is 0 Å². The molecule has 0 saturated heterocycles. The highest BCUT2D eigenvalue weighted by molar-refractivity contribution is 5.54. The highest BCUT2D eigenvalue weighted by Gasteiger charge is 2.31. The predicted octanol–water partition coefficient (Wildman–Crippen LogP) is 5.64. The summed E-state index contributed by atoms with van der Waals surface area (Å²) in [5, 5.41) is 3.35. The normalized spacial score (nSPS) is 23.4. The zero-order valence-corrected chi connectivity index (χ0v) is 12.9. The fourth-order valence-electron chi connectivity index (χ4n) is 3.14. The summed E-state index contributed by atoms with van der Waals surface area (Å²) in [6.07, 6.45) is 0.194. The van der Waals surface area contributed by atoms with E-state index in [1.807, 2.05) is 6.92 Å². The number of hydrogen-bond donors (Lipinski definition) is 1. The Morgan fingerprint density at radius 3 is 2.52 bits per heavy atom. The Kier molecular flexibility index (Phi) is 4.84. The summed E-state index contributed by atoms with van der Waals surface area (Å²) in [5.41, 5.74) is 0.917. The van der Waals surface area contributed by atoms with Gasteiger partial charge in [0.1, 0.15) is 0 Å². The van der Waals surface area contributed by atoms with E-state index in [0.29, 0.717) is 17.5 Å². The molecule has 1 aromatic rings. The number of halogens is 3. The van der Waals surface area contributed by atoms with Crippen molar-refractivity contribution in [1.82, 2.24) is 0 Å². The van der Waals surface area contributed by atoms with Crippen LogP contribution in [0.5, 0.6) is 0 Å². The summed E-state index contributed by atoms with van der Waals surface area (Å²) < 4.78 is 38.5. The lowest BCUT2D eigenvalue weighted by Crippen LogP contribution is -2.29. The van der Waals surface area contributed by atoms with Crippen molar-refractivity contribution in [3.63, 3.8) is 0 Å². The van der Waals surface area contributed by atoms with Gasteiger partial charge in [-0.25, -0.2) is 0 Å². The molecule has 1 aliphatic rings. The van der Waals surface area contributed by atoms with Crippen LogP contribution < -0.4 is 5.32 Å². The molecular weight excluding hydrogens is 275 g/mol. The summed E-state index contributed by atoms with van der Waals surface area (Å²) in [7, 11) is 0. The molecule has 0 amide bonds. The zero-order valence-electron chi connectivity index (χ0n) is 12.9. The Labute approximate surface area is 124 Å². The molecule has 1 aliphatic carbocycles. The minimum absolute atomic E-state index is 0.285. The Bertz CT molecular complexity index is 479. The van der Waals surface area contributed by atoms with Gasteiger partial charge in [-0.1, -0.05) is 32.8 Å². The predicted molar refractivity (Wildman–Crippen MR) is 80.4 cm³/mol.